The van der Waals surface area contributed by atoms with Crippen LogP contribution in [-0.2, 0) is 6.42 Å². The van der Waals surface area contributed by atoms with E-state index in [9.17, 15) is 4.79 Å². The van der Waals surface area contributed by atoms with E-state index in [1.165, 1.54) is 11.1 Å². The van der Waals surface area contributed by atoms with Crippen LogP contribution in [0.15, 0.2) is 29.1 Å². The molecule has 5 N–H and O–H groups in total. The molecule has 0 radical (unpaired) electrons. The molecule has 106 valence electrons. The van der Waals surface area contributed by atoms with Crippen LogP contribution >= 0.6 is 0 Å². The van der Waals surface area contributed by atoms with Crippen LogP contribution in [0.2, 0.25) is 0 Å². The number of hydrogen-bond donors (Lipinski definition) is 4. The number of hydrogen-bond acceptors (Lipinski definition) is 5. The zero-order valence-electron chi connectivity index (χ0n) is 11.2. The van der Waals surface area contributed by atoms with E-state index in [1.54, 1.807) is 0 Å². The van der Waals surface area contributed by atoms with Gasteiger partial charge in [-0.2, -0.15) is 4.98 Å². The highest BCUT2D eigenvalue weighted by atomic mass is 16.1. The second-order valence-corrected chi connectivity index (χ2v) is 5.11. The molecule has 0 fully saturated rings. The van der Waals surface area contributed by atoms with E-state index in [2.05, 4.69) is 37.4 Å². The highest BCUT2D eigenvalue weighted by Crippen LogP contribution is 2.27. The number of imidazole rings is 1. The Morgan fingerprint density at radius 1 is 1.19 bits per heavy atom. The SMILES string of the molecule is Nc1nc2nc(C3NCCc4ccccc43)[nH]c2c(=O)[nH]1. The predicted molar refractivity (Wildman–Crippen MR) is 78.9 cm³/mol. The molecule has 7 nitrogen and oxygen atoms in total. The summed E-state index contributed by atoms with van der Waals surface area (Å²) in [5.74, 6) is 0.753. The van der Waals surface area contributed by atoms with E-state index < -0.39 is 0 Å². The first-order valence-corrected chi connectivity index (χ1v) is 6.79. The topological polar surface area (TPSA) is 112 Å². The molecule has 0 saturated heterocycles. The molecule has 0 spiro atoms. The van der Waals surface area contributed by atoms with E-state index in [0.717, 1.165) is 13.0 Å². The summed E-state index contributed by atoms with van der Waals surface area (Å²) in [6, 6.07) is 8.17. The Morgan fingerprint density at radius 2 is 2.05 bits per heavy atom. The van der Waals surface area contributed by atoms with Gasteiger partial charge in [0.1, 0.15) is 5.82 Å². The van der Waals surface area contributed by atoms with Gasteiger partial charge in [-0.05, 0) is 17.5 Å². The Hall–Kier alpha value is -2.67. The lowest BCUT2D eigenvalue weighted by molar-refractivity contribution is 0.549. The number of rotatable bonds is 1. The Labute approximate surface area is 119 Å². The number of H-pyrrole nitrogens is 2. The first-order chi connectivity index (χ1) is 10.2. The summed E-state index contributed by atoms with van der Waals surface area (Å²) in [5, 5.41) is 3.42. The molecular weight excluding hydrogens is 268 g/mol. The third kappa shape index (κ3) is 1.90. The van der Waals surface area contributed by atoms with Gasteiger partial charge in [-0.1, -0.05) is 24.3 Å². The highest BCUT2D eigenvalue weighted by Gasteiger charge is 2.24. The van der Waals surface area contributed by atoms with Crippen molar-refractivity contribution in [3.63, 3.8) is 0 Å². The maximum Gasteiger partial charge on any atom is 0.278 e. The average molecular weight is 282 g/mol. The van der Waals surface area contributed by atoms with Crippen molar-refractivity contribution < 1.29 is 0 Å². The fourth-order valence-electron chi connectivity index (χ4n) is 2.83. The normalized spacial score (nSPS) is 17.8. The standard InChI is InChI=1S/C14H14N6O/c15-14-19-12-10(13(21)20-14)17-11(18-12)9-8-4-2-1-3-7(8)5-6-16-9/h1-4,9,16H,5-6H2,(H4,15,17,18,19,20,21). The Kier molecular flexibility index (Phi) is 2.55. The molecule has 21 heavy (non-hydrogen) atoms. The van der Waals surface area contributed by atoms with Gasteiger partial charge in [0.25, 0.3) is 5.56 Å². The zero-order valence-corrected chi connectivity index (χ0v) is 11.2. The average Bonchev–Trinajstić information content (AvgIpc) is 2.90. The molecule has 1 aliphatic heterocycles. The maximum absolute atomic E-state index is 11.9. The number of fused-ring (bicyclic) bond motifs is 2. The Bertz CT molecular complexity index is 881. The van der Waals surface area contributed by atoms with Crippen molar-refractivity contribution in [2.24, 2.45) is 0 Å². The third-order valence-corrected chi connectivity index (χ3v) is 3.78. The van der Waals surface area contributed by atoms with Crippen LogP contribution in [0.5, 0.6) is 0 Å². The first kappa shape index (κ1) is 12.1. The van der Waals surface area contributed by atoms with Gasteiger partial charge in [0.15, 0.2) is 11.2 Å². The quantitative estimate of drug-likeness (QED) is 0.518. The molecule has 0 saturated carbocycles. The summed E-state index contributed by atoms with van der Waals surface area (Å²) < 4.78 is 0. The molecule has 2 aromatic heterocycles. The highest BCUT2D eigenvalue weighted by molar-refractivity contribution is 5.70. The molecule has 1 aliphatic rings. The summed E-state index contributed by atoms with van der Waals surface area (Å²) >= 11 is 0. The molecule has 1 atom stereocenters. The van der Waals surface area contributed by atoms with E-state index >= 15 is 0 Å². The van der Waals surface area contributed by atoms with Gasteiger partial charge in [0.05, 0.1) is 6.04 Å². The predicted octanol–water partition coefficient (Wildman–Crippen LogP) is 0.463. The fourth-order valence-corrected chi connectivity index (χ4v) is 2.83. The van der Waals surface area contributed by atoms with Crippen molar-refractivity contribution in [3.8, 4) is 0 Å². The van der Waals surface area contributed by atoms with Crippen LogP contribution in [0.3, 0.4) is 0 Å². The molecule has 1 aromatic carbocycles. The van der Waals surface area contributed by atoms with Crippen LogP contribution in [0, 0.1) is 0 Å². The van der Waals surface area contributed by atoms with Crippen molar-refractivity contribution in [3.05, 3.63) is 51.6 Å². The van der Waals surface area contributed by atoms with Crippen LogP contribution in [0.4, 0.5) is 5.95 Å². The molecule has 4 rings (SSSR count). The van der Waals surface area contributed by atoms with Gasteiger partial charge in [0, 0.05) is 6.54 Å². The number of anilines is 1. The van der Waals surface area contributed by atoms with E-state index in [1.807, 2.05) is 12.1 Å². The molecule has 0 amide bonds. The van der Waals surface area contributed by atoms with E-state index in [-0.39, 0.29) is 17.5 Å². The zero-order chi connectivity index (χ0) is 14.4. The van der Waals surface area contributed by atoms with Gasteiger partial charge in [-0.15, -0.1) is 0 Å². The molecule has 0 bridgehead atoms. The lowest BCUT2D eigenvalue weighted by atomic mass is 9.94. The molecule has 0 aliphatic carbocycles. The molecule has 3 heterocycles. The number of nitrogens with two attached hydrogens (primary N) is 1. The minimum Gasteiger partial charge on any atom is -0.369 e. The van der Waals surface area contributed by atoms with Gasteiger partial charge >= 0.3 is 0 Å². The van der Waals surface area contributed by atoms with Gasteiger partial charge < -0.3 is 16.0 Å². The summed E-state index contributed by atoms with van der Waals surface area (Å²) in [6.07, 6.45) is 0.985. The second kappa shape index (κ2) is 4.42. The Balaban J connectivity index is 1.88. The first-order valence-electron chi connectivity index (χ1n) is 6.79. The minimum atomic E-state index is -0.305. The van der Waals surface area contributed by atoms with Crippen LogP contribution in [0.1, 0.15) is 23.0 Å². The Morgan fingerprint density at radius 3 is 2.95 bits per heavy atom. The van der Waals surface area contributed by atoms with Crippen LogP contribution in [-0.4, -0.2) is 26.5 Å². The lowest BCUT2D eigenvalue weighted by Crippen LogP contribution is -2.31. The van der Waals surface area contributed by atoms with Crippen molar-refractivity contribution in [1.82, 2.24) is 25.3 Å². The van der Waals surface area contributed by atoms with Crippen LogP contribution < -0.4 is 16.6 Å². The molecule has 1 unspecified atom stereocenters. The van der Waals surface area contributed by atoms with E-state index in [0.29, 0.717) is 17.0 Å². The summed E-state index contributed by atoms with van der Waals surface area (Å²) in [6.45, 7) is 0.866. The van der Waals surface area contributed by atoms with E-state index in [4.69, 9.17) is 5.73 Å². The fraction of sp³-hybridized carbons (Fsp3) is 0.214. The molecular formula is C14H14N6O. The smallest absolute Gasteiger partial charge is 0.278 e. The summed E-state index contributed by atoms with van der Waals surface area (Å²) in [7, 11) is 0. The molecule has 3 aromatic rings. The number of nitrogen functional groups attached to an aromatic ring is 1. The number of nitrogens with zero attached hydrogens (tertiary/aromatic N) is 2. The number of aromatic amines is 2. The third-order valence-electron chi connectivity index (χ3n) is 3.78. The van der Waals surface area contributed by atoms with Gasteiger partial charge in [0.2, 0.25) is 5.95 Å². The minimum absolute atomic E-state index is 0.0650. The van der Waals surface area contributed by atoms with Crippen LogP contribution in [0.25, 0.3) is 11.2 Å². The summed E-state index contributed by atoms with van der Waals surface area (Å²) in [5.41, 5.74) is 8.41. The lowest BCUT2D eigenvalue weighted by Gasteiger charge is -2.25. The van der Waals surface area contributed by atoms with Gasteiger partial charge in [-0.3, -0.25) is 9.78 Å². The molecule has 7 heteroatoms. The van der Waals surface area contributed by atoms with Crippen molar-refractivity contribution >= 4 is 17.1 Å². The maximum atomic E-state index is 11.9. The van der Waals surface area contributed by atoms with Crippen molar-refractivity contribution in [1.29, 1.82) is 0 Å². The van der Waals surface area contributed by atoms with Crippen molar-refractivity contribution in [2.75, 3.05) is 12.3 Å². The number of aromatic nitrogens is 4. The number of benzene rings is 1. The monoisotopic (exact) mass is 282 g/mol. The van der Waals surface area contributed by atoms with Gasteiger partial charge in [-0.25, -0.2) is 4.98 Å². The number of nitrogens with one attached hydrogen (secondary N) is 3. The largest absolute Gasteiger partial charge is 0.369 e. The van der Waals surface area contributed by atoms with Crippen molar-refractivity contribution in [2.45, 2.75) is 12.5 Å². The second-order valence-electron chi connectivity index (χ2n) is 5.11. The summed E-state index contributed by atoms with van der Waals surface area (Å²) in [4.78, 5) is 25.9.